The topological polar surface area (TPSA) is 123 Å². The maximum Gasteiger partial charge on any atom is 0.329 e. The van der Waals surface area contributed by atoms with E-state index in [1.165, 1.54) is 6.21 Å². The first-order chi connectivity index (χ1) is 11.3. The molecule has 0 unspecified atom stereocenters. The van der Waals surface area contributed by atoms with Crippen LogP contribution in [0, 0.1) is 0 Å². The number of carbonyl (C=O) groups excluding carboxylic acids is 3. The van der Waals surface area contributed by atoms with Crippen LogP contribution in [0.25, 0.3) is 0 Å². The Hall–Kier alpha value is -2.42. The van der Waals surface area contributed by atoms with E-state index in [0.29, 0.717) is 17.7 Å². The van der Waals surface area contributed by atoms with Crippen molar-refractivity contribution in [3.05, 3.63) is 28.2 Å². The summed E-state index contributed by atoms with van der Waals surface area (Å²) in [6, 6.07) is 4.90. The molecule has 24 heavy (non-hydrogen) atoms. The zero-order chi connectivity index (χ0) is 18.1. The minimum Gasteiger partial charge on any atom is -0.483 e. The van der Waals surface area contributed by atoms with Crippen molar-refractivity contribution in [2.75, 3.05) is 6.61 Å². The van der Waals surface area contributed by atoms with E-state index in [4.69, 9.17) is 10.5 Å². The zero-order valence-electron chi connectivity index (χ0n) is 13.3. The van der Waals surface area contributed by atoms with Crippen molar-refractivity contribution in [3.8, 4) is 5.75 Å². The molecule has 8 nitrogen and oxygen atoms in total. The molecule has 1 aromatic rings. The molecule has 0 aromatic heterocycles. The maximum absolute atomic E-state index is 11.6. The number of hydrogen-bond acceptors (Lipinski definition) is 5. The number of hydrogen-bond donors (Lipinski definition) is 3. The number of halogens is 1. The Morgan fingerprint density at radius 1 is 1.38 bits per heavy atom. The van der Waals surface area contributed by atoms with E-state index in [1.807, 2.05) is 6.92 Å². The second kappa shape index (κ2) is 9.66. The standard InChI is InChI=1S/C15H19BrN4O4/c1-3-9(2)19-14(22)15(23)20-18-7-10-6-11(16)4-5-12(10)24-8-13(17)21/h4-7,9H,3,8H2,1-2H3,(H2,17,21)(H,19,22)(H,20,23)/b18-7-/t9-/m1/s1. The van der Waals surface area contributed by atoms with Crippen molar-refractivity contribution in [3.63, 3.8) is 0 Å². The largest absolute Gasteiger partial charge is 0.483 e. The van der Waals surface area contributed by atoms with Crippen LogP contribution in [0.2, 0.25) is 0 Å². The molecule has 130 valence electrons. The van der Waals surface area contributed by atoms with Crippen LogP contribution >= 0.6 is 15.9 Å². The van der Waals surface area contributed by atoms with E-state index < -0.39 is 17.7 Å². The number of amides is 3. The number of ether oxygens (including phenoxy) is 1. The molecule has 0 bridgehead atoms. The average Bonchev–Trinajstić information content (AvgIpc) is 2.53. The Morgan fingerprint density at radius 3 is 2.71 bits per heavy atom. The molecule has 0 fully saturated rings. The maximum atomic E-state index is 11.6. The van der Waals surface area contributed by atoms with Gasteiger partial charge in [-0.1, -0.05) is 22.9 Å². The second-order valence-electron chi connectivity index (χ2n) is 4.92. The molecule has 0 saturated carbocycles. The molecule has 0 aliphatic carbocycles. The van der Waals surface area contributed by atoms with Crippen LogP contribution in [-0.2, 0) is 14.4 Å². The summed E-state index contributed by atoms with van der Waals surface area (Å²) in [7, 11) is 0. The molecule has 9 heteroatoms. The van der Waals surface area contributed by atoms with Gasteiger partial charge in [-0.2, -0.15) is 5.10 Å². The first kappa shape index (κ1) is 19.6. The van der Waals surface area contributed by atoms with Gasteiger partial charge in [0.25, 0.3) is 5.91 Å². The monoisotopic (exact) mass is 398 g/mol. The smallest absolute Gasteiger partial charge is 0.329 e. The lowest BCUT2D eigenvalue weighted by Gasteiger charge is -2.10. The van der Waals surface area contributed by atoms with Crippen molar-refractivity contribution in [2.45, 2.75) is 26.3 Å². The lowest BCUT2D eigenvalue weighted by molar-refractivity contribution is -0.139. The lowest BCUT2D eigenvalue weighted by Crippen LogP contribution is -2.41. The molecule has 1 aromatic carbocycles. The van der Waals surface area contributed by atoms with Gasteiger partial charge in [0.05, 0.1) is 6.21 Å². The van der Waals surface area contributed by atoms with Crippen molar-refractivity contribution in [1.29, 1.82) is 0 Å². The molecular formula is C15H19BrN4O4. The van der Waals surface area contributed by atoms with E-state index in [0.717, 1.165) is 4.47 Å². The fourth-order valence-electron chi connectivity index (χ4n) is 1.50. The molecule has 0 aliphatic rings. The summed E-state index contributed by atoms with van der Waals surface area (Å²) in [5.74, 6) is -1.89. The van der Waals surface area contributed by atoms with Crippen LogP contribution in [0.15, 0.2) is 27.8 Å². The third-order valence-corrected chi connectivity index (χ3v) is 3.40. The van der Waals surface area contributed by atoms with E-state index in [2.05, 4.69) is 31.8 Å². The Bertz CT molecular complexity index is 648. The Morgan fingerprint density at radius 2 is 2.08 bits per heavy atom. The van der Waals surface area contributed by atoms with Crippen LogP contribution in [0.3, 0.4) is 0 Å². The number of nitrogens with one attached hydrogen (secondary N) is 2. The SMILES string of the molecule is CC[C@@H](C)NC(=O)C(=O)N/N=C\c1cc(Br)ccc1OCC(N)=O. The van der Waals surface area contributed by atoms with Crippen LogP contribution in [0.5, 0.6) is 5.75 Å². The summed E-state index contributed by atoms with van der Waals surface area (Å²) in [4.78, 5) is 34.0. The number of benzene rings is 1. The number of primary amides is 1. The Labute approximate surface area is 147 Å². The van der Waals surface area contributed by atoms with Gasteiger partial charge < -0.3 is 15.8 Å². The third kappa shape index (κ3) is 6.78. The number of rotatable bonds is 7. The van der Waals surface area contributed by atoms with Gasteiger partial charge in [-0.25, -0.2) is 5.43 Å². The predicted octanol–water partition coefficient (Wildman–Crippen LogP) is 0.678. The van der Waals surface area contributed by atoms with Gasteiger partial charge in [-0.15, -0.1) is 0 Å². The summed E-state index contributed by atoms with van der Waals surface area (Å²) in [6.07, 6.45) is 2.01. The van der Waals surface area contributed by atoms with E-state index in [-0.39, 0.29) is 12.6 Å². The van der Waals surface area contributed by atoms with Crippen LogP contribution in [-0.4, -0.2) is 36.6 Å². The van der Waals surface area contributed by atoms with Gasteiger partial charge in [-0.05, 0) is 31.5 Å². The molecule has 0 radical (unpaired) electrons. The molecular weight excluding hydrogens is 380 g/mol. The zero-order valence-corrected chi connectivity index (χ0v) is 14.9. The van der Waals surface area contributed by atoms with Crippen molar-refractivity contribution in [2.24, 2.45) is 10.8 Å². The summed E-state index contributed by atoms with van der Waals surface area (Å²) in [5.41, 5.74) is 7.66. The highest BCUT2D eigenvalue weighted by atomic mass is 79.9. The average molecular weight is 399 g/mol. The quantitative estimate of drug-likeness (QED) is 0.354. The Kier molecular flexibility index (Phi) is 7.90. The molecule has 0 saturated heterocycles. The highest BCUT2D eigenvalue weighted by Crippen LogP contribution is 2.21. The fraction of sp³-hybridized carbons (Fsp3) is 0.333. The van der Waals surface area contributed by atoms with Crippen LogP contribution < -0.4 is 21.2 Å². The third-order valence-electron chi connectivity index (χ3n) is 2.91. The second-order valence-corrected chi connectivity index (χ2v) is 5.83. The van der Waals surface area contributed by atoms with Gasteiger partial charge in [0.2, 0.25) is 0 Å². The molecule has 0 heterocycles. The van der Waals surface area contributed by atoms with Crippen molar-refractivity contribution >= 4 is 39.9 Å². The molecule has 0 spiro atoms. The number of nitrogens with zero attached hydrogens (tertiary/aromatic N) is 1. The molecule has 4 N–H and O–H groups in total. The summed E-state index contributed by atoms with van der Waals surface area (Å²) >= 11 is 3.30. The first-order valence-electron chi connectivity index (χ1n) is 7.18. The highest BCUT2D eigenvalue weighted by molar-refractivity contribution is 9.10. The summed E-state index contributed by atoms with van der Waals surface area (Å²) < 4.78 is 5.99. The minimum atomic E-state index is -0.874. The fourth-order valence-corrected chi connectivity index (χ4v) is 1.88. The van der Waals surface area contributed by atoms with Gasteiger partial charge in [-0.3, -0.25) is 14.4 Å². The molecule has 3 amide bonds. The van der Waals surface area contributed by atoms with Crippen molar-refractivity contribution in [1.82, 2.24) is 10.7 Å². The van der Waals surface area contributed by atoms with Gasteiger partial charge in [0, 0.05) is 16.1 Å². The van der Waals surface area contributed by atoms with Crippen LogP contribution in [0.1, 0.15) is 25.8 Å². The normalized spacial score (nSPS) is 11.8. The predicted molar refractivity (Wildman–Crippen MR) is 92.5 cm³/mol. The van der Waals surface area contributed by atoms with Crippen molar-refractivity contribution < 1.29 is 19.1 Å². The number of hydrazone groups is 1. The number of carbonyl (C=O) groups is 3. The van der Waals surface area contributed by atoms with Gasteiger partial charge in [0.15, 0.2) is 6.61 Å². The molecule has 1 atom stereocenters. The number of nitrogens with two attached hydrogens (primary N) is 1. The summed E-state index contributed by atoms with van der Waals surface area (Å²) in [5, 5.41) is 6.25. The molecule has 1 rings (SSSR count). The van der Waals surface area contributed by atoms with Crippen LogP contribution in [0.4, 0.5) is 0 Å². The summed E-state index contributed by atoms with van der Waals surface area (Å²) in [6.45, 7) is 3.40. The Balaban J connectivity index is 2.72. The first-order valence-corrected chi connectivity index (χ1v) is 7.97. The minimum absolute atomic E-state index is 0.105. The molecule has 0 aliphatic heterocycles. The highest BCUT2D eigenvalue weighted by Gasteiger charge is 2.14. The van der Waals surface area contributed by atoms with E-state index in [1.54, 1.807) is 25.1 Å². The van der Waals surface area contributed by atoms with E-state index >= 15 is 0 Å². The van der Waals surface area contributed by atoms with Gasteiger partial charge in [0.1, 0.15) is 5.75 Å². The van der Waals surface area contributed by atoms with Gasteiger partial charge >= 0.3 is 11.8 Å². The lowest BCUT2D eigenvalue weighted by atomic mass is 10.2. The van der Waals surface area contributed by atoms with E-state index in [9.17, 15) is 14.4 Å².